The summed E-state index contributed by atoms with van der Waals surface area (Å²) in [4.78, 5) is 0.233. The Labute approximate surface area is 105 Å². The highest BCUT2D eigenvalue weighted by atomic mass is 32.2. The van der Waals surface area contributed by atoms with Crippen molar-refractivity contribution in [3.8, 4) is 5.75 Å². The molecule has 2 rings (SSSR count). The van der Waals surface area contributed by atoms with Crippen molar-refractivity contribution < 1.29 is 17.7 Å². The van der Waals surface area contributed by atoms with Crippen LogP contribution in [0.4, 0.5) is 0 Å². The van der Waals surface area contributed by atoms with E-state index >= 15 is 0 Å². The summed E-state index contributed by atoms with van der Waals surface area (Å²) in [5.41, 5.74) is 0.664. The molecule has 0 saturated carbocycles. The van der Waals surface area contributed by atoms with E-state index in [-0.39, 0.29) is 11.5 Å². The Balaban J connectivity index is 2.11. The fourth-order valence-corrected chi connectivity index (χ4v) is 2.09. The first kappa shape index (κ1) is 12.6. The molecule has 96 valence electrons. The van der Waals surface area contributed by atoms with Crippen LogP contribution in [-0.4, -0.2) is 19.8 Å². The van der Waals surface area contributed by atoms with Gasteiger partial charge in [-0.15, -0.1) is 0 Å². The van der Waals surface area contributed by atoms with Crippen LogP contribution < -0.4 is 4.74 Å². The molecule has 0 aliphatic rings. The van der Waals surface area contributed by atoms with Crippen LogP contribution in [0.2, 0.25) is 0 Å². The SMILES string of the molecule is Cc1cc(COc2cccc(S(C)(=O)=O)c2)no1. The van der Waals surface area contributed by atoms with Crippen LogP contribution in [-0.2, 0) is 16.4 Å². The Kier molecular flexibility index (Phi) is 3.38. The van der Waals surface area contributed by atoms with Gasteiger partial charge in [-0.05, 0) is 25.1 Å². The molecule has 5 nitrogen and oxygen atoms in total. The van der Waals surface area contributed by atoms with Gasteiger partial charge in [-0.2, -0.15) is 0 Å². The zero-order valence-corrected chi connectivity index (χ0v) is 10.9. The van der Waals surface area contributed by atoms with Gasteiger partial charge in [0.15, 0.2) is 9.84 Å². The Hall–Kier alpha value is -1.82. The van der Waals surface area contributed by atoms with E-state index in [1.54, 1.807) is 25.1 Å². The second-order valence-electron chi connectivity index (χ2n) is 3.96. The normalized spacial score (nSPS) is 11.4. The van der Waals surface area contributed by atoms with Crippen LogP contribution >= 0.6 is 0 Å². The fraction of sp³-hybridized carbons (Fsp3) is 0.250. The second kappa shape index (κ2) is 4.81. The summed E-state index contributed by atoms with van der Waals surface area (Å²) in [5.74, 6) is 1.19. The molecule has 0 amide bonds. The van der Waals surface area contributed by atoms with E-state index in [9.17, 15) is 8.42 Å². The van der Waals surface area contributed by atoms with Crippen LogP contribution in [0, 0.1) is 6.92 Å². The summed E-state index contributed by atoms with van der Waals surface area (Å²) < 4.78 is 33.1. The predicted molar refractivity (Wildman–Crippen MR) is 65.1 cm³/mol. The average molecular weight is 267 g/mol. The van der Waals surface area contributed by atoms with E-state index in [4.69, 9.17) is 9.26 Å². The molecule has 1 aromatic heterocycles. The lowest BCUT2D eigenvalue weighted by molar-refractivity contribution is 0.287. The van der Waals surface area contributed by atoms with E-state index in [2.05, 4.69) is 5.16 Å². The number of ether oxygens (including phenoxy) is 1. The Bertz CT molecular complexity index is 646. The van der Waals surface area contributed by atoms with Crippen molar-refractivity contribution in [1.29, 1.82) is 0 Å². The topological polar surface area (TPSA) is 69.4 Å². The smallest absolute Gasteiger partial charge is 0.175 e. The van der Waals surface area contributed by atoms with Gasteiger partial charge in [0.2, 0.25) is 0 Å². The van der Waals surface area contributed by atoms with Crippen molar-refractivity contribution in [3.05, 3.63) is 41.8 Å². The van der Waals surface area contributed by atoms with Gasteiger partial charge in [0.25, 0.3) is 0 Å². The average Bonchev–Trinajstić information content (AvgIpc) is 2.72. The quantitative estimate of drug-likeness (QED) is 0.847. The van der Waals surface area contributed by atoms with Gasteiger partial charge in [-0.25, -0.2) is 8.42 Å². The van der Waals surface area contributed by atoms with E-state index in [1.807, 2.05) is 0 Å². The number of rotatable bonds is 4. The maximum Gasteiger partial charge on any atom is 0.175 e. The van der Waals surface area contributed by atoms with E-state index in [1.165, 1.54) is 12.1 Å². The lowest BCUT2D eigenvalue weighted by Gasteiger charge is -2.05. The molecule has 0 bridgehead atoms. The minimum Gasteiger partial charge on any atom is -0.487 e. The van der Waals surface area contributed by atoms with E-state index in [0.29, 0.717) is 17.2 Å². The summed E-state index contributed by atoms with van der Waals surface area (Å²) >= 11 is 0. The zero-order valence-electron chi connectivity index (χ0n) is 10.1. The first-order chi connectivity index (χ1) is 8.45. The van der Waals surface area contributed by atoms with Gasteiger partial charge >= 0.3 is 0 Å². The van der Waals surface area contributed by atoms with Gasteiger partial charge < -0.3 is 9.26 Å². The molecule has 6 heteroatoms. The number of hydrogen-bond donors (Lipinski definition) is 0. The monoisotopic (exact) mass is 267 g/mol. The largest absolute Gasteiger partial charge is 0.487 e. The fourth-order valence-electron chi connectivity index (χ4n) is 1.44. The molecular weight excluding hydrogens is 254 g/mol. The lowest BCUT2D eigenvalue weighted by Crippen LogP contribution is -1.99. The van der Waals surface area contributed by atoms with Crippen LogP contribution in [0.25, 0.3) is 0 Å². The third-order valence-electron chi connectivity index (χ3n) is 2.30. The van der Waals surface area contributed by atoms with Crippen LogP contribution in [0.5, 0.6) is 5.75 Å². The van der Waals surface area contributed by atoms with Gasteiger partial charge in [0.1, 0.15) is 23.8 Å². The molecule has 0 atom stereocenters. The number of aromatic nitrogens is 1. The standard InChI is InChI=1S/C12H13NO4S/c1-9-6-10(13-17-9)8-16-11-4-3-5-12(7-11)18(2,14)15/h3-7H,8H2,1-2H3. The maximum atomic E-state index is 11.4. The van der Waals surface area contributed by atoms with Gasteiger partial charge in [-0.1, -0.05) is 11.2 Å². The summed E-state index contributed by atoms with van der Waals surface area (Å²) in [5, 5.41) is 3.78. The molecule has 0 N–H and O–H groups in total. The highest BCUT2D eigenvalue weighted by Crippen LogP contribution is 2.18. The first-order valence-electron chi connectivity index (χ1n) is 5.30. The summed E-state index contributed by atoms with van der Waals surface area (Å²) in [7, 11) is -3.22. The van der Waals surface area contributed by atoms with Crippen LogP contribution in [0.3, 0.4) is 0 Å². The number of aryl methyl sites for hydroxylation is 1. The van der Waals surface area contributed by atoms with Gasteiger partial charge in [0, 0.05) is 12.3 Å². The Morgan fingerprint density at radius 2 is 2.11 bits per heavy atom. The molecule has 0 aliphatic carbocycles. The van der Waals surface area contributed by atoms with Crippen molar-refractivity contribution in [1.82, 2.24) is 5.16 Å². The van der Waals surface area contributed by atoms with Crippen molar-refractivity contribution in [2.45, 2.75) is 18.4 Å². The molecule has 18 heavy (non-hydrogen) atoms. The van der Waals surface area contributed by atoms with Crippen molar-refractivity contribution in [3.63, 3.8) is 0 Å². The maximum absolute atomic E-state index is 11.4. The van der Waals surface area contributed by atoms with Crippen molar-refractivity contribution in [2.75, 3.05) is 6.26 Å². The van der Waals surface area contributed by atoms with Crippen LogP contribution in [0.1, 0.15) is 11.5 Å². The summed E-state index contributed by atoms with van der Waals surface area (Å²) in [6, 6.07) is 8.12. The molecule has 1 heterocycles. The lowest BCUT2D eigenvalue weighted by atomic mass is 10.3. The zero-order chi connectivity index (χ0) is 13.2. The molecule has 2 aromatic rings. The second-order valence-corrected chi connectivity index (χ2v) is 5.98. The highest BCUT2D eigenvalue weighted by molar-refractivity contribution is 7.90. The summed E-state index contributed by atoms with van der Waals surface area (Å²) in [6.45, 7) is 2.03. The Morgan fingerprint density at radius 3 is 2.72 bits per heavy atom. The highest BCUT2D eigenvalue weighted by Gasteiger charge is 2.08. The molecule has 0 unspecified atom stereocenters. The third-order valence-corrected chi connectivity index (χ3v) is 3.41. The number of benzene rings is 1. The first-order valence-corrected chi connectivity index (χ1v) is 7.19. The minimum atomic E-state index is -3.22. The van der Waals surface area contributed by atoms with E-state index < -0.39 is 9.84 Å². The molecular formula is C12H13NO4S. The molecule has 0 saturated heterocycles. The number of nitrogens with zero attached hydrogens (tertiary/aromatic N) is 1. The third kappa shape index (κ3) is 3.10. The number of hydrogen-bond acceptors (Lipinski definition) is 5. The molecule has 1 aromatic carbocycles. The Morgan fingerprint density at radius 1 is 1.33 bits per heavy atom. The van der Waals surface area contributed by atoms with Crippen LogP contribution in [0.15, 0.2) is 39.8 Å². The molecule has 0 spiro atoms. The minimum absolute atomic E-state index is 0.233. The van der Waals surface area contributed by atoms with Crippen molar-refractivity contribution in [2.24, 2.45) is 0 Å². The molecule has 0 radical (unpaired) electrons. The number of sulfone groups is 1. The van der Waals surface area contributed by atoms with Gasteiger partial charge in [-0.3, -0.25) is 0 Å². The van der Waals surface area contributed by atoms with E-state index in [0.717, 1.165) is 6.26 Å². The molecule has 0 fully saturated rings. The molecule has 0 aliphatic heterocycles. The van der Waals surface area contributed by atoms with Gasteiger partial charge in [0.05, 0.1) is 4.90 Å². The van der Waals surface area contributed by atoms with Crippen molar-refractivity contribution >= 4 is 9.84 Å². The predicted octanol–water partition coefficient (Wildman–Crippen LogP) is 1.97. The summed E-state index contributed by atoms with van der Waals surface area (Å²) in [6.07, 6.45) is 1.16.